The molecule has 0 aliphatic carbocycles. The van der Waals surface area contributed by atoms with E-state index in [-0.39, 0.29) is 18.2 Å². The van der Waals surface area contributed by atoms with Gasteiger partial charge in [-0.05, 0) is 36.8 Å². The second-order valence-electron chi connectivity index (χ2n) is 4.83. The van der Waals surface area contributed by atoms with Gasteiger partial charge in [0, 0.05) is 24.4 Å². The maximum absolute atomic E-state index is 11.7. The third-order valence-electron chi connectivity index (χ3n) is 3.45. The molecule has 6 heteroatoms. The van der Waals surface area contributed by atoms with Crippen molar-refractivity contribution in [2.24, 2.45) is 0 Å². The van der Waals surface area contributed by atoms with Gasteiger partial charge in [0.05, 0.1) is 12.9 Å². The Labute approximate surface area is 131 Å². The lowest BCUT2D eigenvalue weighted by Crippen LogP contribution is -2.30. The Hall–Kier alpha value is -1.92. The highest BCUT2D eigenvalue weighted by atomic mass is 32.2. The summed E-state index contributed by atoms with van der Waals surface area (Å²) >= 11 is 0. The summed E-state index contributed by atoms with van der Waals surface area (Å²) < 4.78 is 31.2. The maximum atomic E-state index is 11.7. The zero-order valence-corrected chi connectivity index (χ0v) is 13.5. The number of aromatic nitrogens is 1. The molecule has 5 nitrogen and oxygen atoms in total. The highest BCUT2D eigenvalue weighted by molar-refractivity contribution is 7.89. The molecule has 1 aromatic carbocycles. The van der Waals surface area contributed by atoms with Crippen LogP contribution in [0.3, 0.4) is 0 Å². The molecule has 0 saturated heterocycles. The number of pyridine rings is 1. The number of nitrogens with one attached hydrogen (secondary N) is 1. The Morgan fingerprint density at radius 2 is 1.91 bits per heavy atom. The molecule has 1 unspecified atom stereocenters. The van der Waals surface area contributed by atoms with Crippen molar-refractivity contribution in [2.75, 3.05) is 19.4 Å². The van der Waals surface area contributed by atoms with Crippen LogP contribution in [-0.4, -0.2) is 32.8 Å². The van der Waals surface area contributed by atoms with Crippen molar-refractivity contribution in [1.29, 1.82) is 0 Å². The standard InChI is InChI=1S/C16H20N2O3S/c1-3-22(19,20)18-12-15(16-6-4-5-11-17-16)13-7-9-14(21-2)10-8-13/h4-11,15,18H,3,12H2,1-2H3. The average molecular weight is 320 g/mol. The van der Waals surface area contributed by atoms with E-state index in [4.69, 9.17) is 4.74 Å². The lowest BCUT2D eigenvalue weighted by molar-refractivity contribution is 0.414. The van der Waals surface area contributed by atoms with Crippen LogP contribution in [0.15, 0.2) is 48.7 Å². The van der Waals surface area contributed by atoms with E-state index < -0.39 is 10.0 Å². The minimum Gasteiger partial charge on any atom is -0.497 e. The summed E-state index contributed by atoms with van der Waals surface area (Å²) in [5.41, 5.74) is 1.81. The summed E-state index contributed by atoms with van der Waals surface area (Å²) in [6.07, 6.45) is 1.71. The molecule has 0 aliphatic heterocycles. The van der Waals surface area contributed by atoms with Gasteiger partial charge in [0.2, 0.25) is 10.0 Å². The molecule has 0 bridgehead atoms. The predicted octanol–water partition coefficient (Wildman–Crippen LogP) is 2.16. The average Bonchev–Trinajstić information content (AvgIpc) is 2.56. The van der Waals surface area contributed by atoms with Crippen LogP contribution in [0.2, 0.25) is 0 Å². The number of nitrogens with zero attached hydrogens (tertiary/aromatic N) is 1. The summed E-state index contributed by atoms with van der Waals surface area (Å²) in [4.78, 5) is 4.36. The molecule has 1 N–H and O–H groups in total. The van der Waals surface area contributed by atoms with Crippen molar-refractivity contribution in [1.82, 2.24) is 9.71 Å². The van der Waals surface area contributed by atoms with Gasteiger partial charge in [0.15, 0.2) is 0 Å². The van der Waals surface area contributed by atoms with E-state index in [1.54, 1.807) is 20.2 Å². The number of benzene rings is 1. The molecule has 1 atom stereocenters. The van der Waals surface area contributed by atoms with Crippen LogP contribution in [-0.2, 0) is 10.0 Å². The van der Waals surface area contributed by atoms with E-state index >= 15 is 0 Å². The normalized spacial score (nSPS) is 12.8. The Morgan fingerprint density at radius 3 is 2.45 bits per heavy atom. The summed E-state index contributed by atoms with van der Waals surface area (Å²) in [6.45, 7) is 1.89. The van der Waals surface area contributed by atoms with Crippen molar-refractivity contribution in [2.45, 2.75) is 12.8 Å². The summed E-state index contributed by atoms with van der Waals surface area (Å²) in [7, 11) is -1.63. The monoisotopic (exact) mass is 320 g/mol. The number of methoxy groups -OCH3 is 1. The molecule has 22 heavy (non-hydrogen) atoms. The van der Waals surface area contributed by atoms with E-state index in [1.165, 1.54) is 0 Å². The van der Waals surface area contributed by atoms with Gasteiger partial charge in [-0.15, -0.1) is 0 Å². The van der Waals surface area contributed by atoms with Crippen molar-refractivity contribution >= 4 is 10.0 Å². The highest BCUT2D eigenvalue weighted by Crippen LogP contribution is 2.24. The molecule has 0 radical (unpaired) electrons. The molecule has 0 fully saturated rings. The Bertz CT molecular complexity index is 685. The lowest BCUT2D eigenvalue weighted by Gasteiger charge is -2.18. The highest BCUT2D eigenvalue weighted by Gasteiger charge is 2.18. The van der Waals surface area contributed by atoms with Gasteiger partial charge < -0.3 is 4.74 Å². The zero-order valence-electron chi connectivity index (χ0n) is 12.7. The topological polar surface area (TPSA) is 68.3 Å². The van der Waals surface area contributed by atoms with Crippen LogP contribution in [0.4, 0.5) is 0 Å². The first-order valence-electron chi connectivity index (χ1n) is 7.08. The second-order valence-corrected chi connectivity index (χ2v) is 6.93. The fraction of sp³-hybridized carbons (Fsp3) is 0.312. The van der Waals surface area contributed by atoms with Crippen LogP contribution in [0.5, 0.6) is 5.75 Å². The summed E-state index contributed by atoms with van der Waals surface area (Å²) in [5.74, 6) is 0.677. The SMILES string of the molecule is CCS(=O)(=O)NCC(c1ccc(OC)cc1)c1ccccn1. The Balaban J connectivity index is 2.28. The molecule has 0 aliphatic rings. The molecular weight excluding hydrogens is 300 g/mol. The minimum atomic E-state index is -3.25. The van der Waals surface area contributed by atoms with Crippen molar-refractivity contribution in [3.05, 3.63) is 59.9 Å². The fourth-order valence-electron chi connectivity index (χ4n) is 2.12. The van der Waals surface area contributed by atoms with E-state index in [0.717, 1.165) is 17.0 Å². The first-order chi connectivity index (χ1) is 10.6. The largest absolute Gasteiger partial charge is 0.497 e. The van der Waals surface area contributed by atoms with Gasteiger partial charge in [0.1, 0.15) is 5.75 Å². The van der Waals surface area contributed by atoms with Crippen LogP contribution in [0.25, 0.3) is 0 Å². The molecule has 2 aromatic rings. The first-order valence-corrected chi connectivity index (χ1v) is 8.73. The van der Waals surface area contributed by atoms with Crippen LogP contribution < -0.4 is 9.46 Å². The second kappa shape index (κ2) is 7.38. The Kier molecular flexibility index (Phi) is 5.51. The van der Waals surface area contributed by atoms with Crippen LogP contribution >= 0.6 is 0 Å². The third-order valence-corrected chi connectivity index (χ3v) is 4.82. The van der Waals surface area contributed by atoms with Crippen molar-refractivity contribution in [3.8, 4) is 5.75 Å². The lowest BCUT2D eigenvalue weighted by atomic mass is 9.95. The van der Waals surface area contributed by atoms with Crippen molar-refractivity contribution in [3.63, 3.8) is 0 Å². The fourth-order valence-corrected chi connectivity index (χ4v) is 2.75. The maximum Gasteiger partial charge on any atom is 0.211 e. The van der Waals surface area contributed by atoms with Gasteiger partial charge in [-0.25, -0.2) is 13.1 Å². The smallest absolute Gasteiger partial charge is 0.211 e. The van der Waals surface area contributed by atoms with Gasteiger partial charge in [-0.2, -0.15) is 0 Å². The van der Waals surface area contributed by atoms with E-state index in [1.807, 2.05) is 42.5 Å². The van der Waals surface area contributed by atoms with E-state index in [9.17, 15) is 8.42 Å². The molecule has 0 saturated carbocycles. The Morgan fingerprint density at radius 1 is 1.18 bits per heavy atom. The number of sulfonamides is 1. The number of hydrogen-bond donors (Lipinski definition) is 1. The predicted molar refractivity (Wildman–Crippen MR) is 86.5 cm³/mol. The van der Waals surface area contributed by atoms with Gasteiger partial charge in [0.25, 0.3) is 0 Å². The zero-order chi connectivity index (χ0) is 16.0. The van der Waals surface area contributed by atoms with Gasteiger partial charge in [-0.1, -0.05) is 18.2 Å². The van der Waals surface area contributed by atoms with Crippen molar-refractivity contribution < 1.29 is 13.2 Å². The van der Waals surface area contributed by atoms with Crippen LogP contribution in [0, 0.1) is 0 Å². The third kappa shape index (κ3) is 4.29. The molecule has 0 spiro atoms. The van der Waals surface area contributed by atoms with Gasteiger partial charge >= 0.3 is 0 Å². The molecule has 2 rings (SSSR count). The number of ether oxygens (including phenoxy) is 1. The molecular formula is C16H20N2O3S. The summed E-state index contributed by atoms with van der Waals surface area (Å²) in [6, 6.07) is 13.2. The number of rotatable bonds is 7. The molecule has 1 aromatic heterocycles. The van der Waals surface area contributed by atoms with Crippen LogP contribution in [0.1, 0.15) is 24.1 Å². The summed E-state index contributed by atoms with van der Waals surface area (Å²) in [5, 5.41) is 0. The molecule has 118 valence electrons. The first kappa shape index (κ1) is 16.5. The molecule has 1 heterocycles. The number of hydrogen-bond acceptors (Lipinski definition) is 4. The van der Waals surface area contributed by atoms with E-state index in [2.05, 4.69) is 9.71 Å². The van der Waals surface area contributed by atoms with Gasteiger partial charge in [-0.3, -0.25) is 4.98 Å². The minimum absolute atomic E-state index is 0.0601. The van der Waals surface area contributed by atoms with E-state index in [0.29, 0.717) is 0 Å². The quantitative estimate of drug-likeness (QED) is 0.849. The molecule has 0 amide bonds.